The highest BCUT2D eigenvalue weighted by molar-refractivity contribution is 6.42. The normalized spacial score (nSPS) is 20.1. The maximum Gasteiger partial charge on any atom is 0.143 e. The van der Waals surface area contributed by atoms with E-state index in [4.69, 9.17) is 33.7 Å². The molecule has 1 saturated heterocycles. The van der Waals surface area contributed by atoms with Gasteiger partial charge in [-0.15, -0.1) is 12.4 Å². The molecule has 108 valence electrons. The van der Waals surface area contributed by atoms with Crippen LogP contribution < -0.4 is 5.73 Å². The number of morpholine rings is 1. The Balaban J connectivity index is 0.00000180. The van der Waals surface area contributed by atoms with Crippen LogP contribution in [0.2, 0.25) is 10.0 Å². The number of hydrogen-bond acceptors (Lipinski definition) is 3. The molecule has 1 fully saturated rings. The first-order valence-corrected chi connectivity index (χ1v) is 6.53. The van der Waals surface area contributed by atoms with Crippen molar-refractivity contribution in [1.82, 2.24) is 4.90 Å². The van der Waals surface area contributed by atoms with Gasteiger partial charge in [0.1, 0.15) is 5.82 Å². The molecule has 0 radical (unpaired) electrons. The summed E-state index contributed by atoms with van der Waals surface area (Å²) < 4.78 is 18.7. The summed E-state index contributed by atoms with van der Waals surface area (Å²) in [5, 5.41) is 0.269. The Morgan fingerprint density at radius 2 is 2.11 bits per heavy atom. The second-order valence-electron chi connectivity index (χ2n) is 4.30. The predicted octanol–water partition coefficient (Wildman–Crippen LogP) is 2.71. The van der Waals surface area contributed by atoms with Crippen molar-refractivity contribution in [3.63, 3.8) is 0 Å². The minimum absolute atomic E-state index is 0. The summed E-state index contributed by atoms with van der Waals surface area (Å²) in [6.45, 7) is 3.32. The van der Waals surface area contributed by atoms with Gasteiger partial charge in [-0.2, -0.15) is 0 Å². The van der Waals surface area contributed by atoms with Crippen LogP contribution in [0, 0.1) is 5.82 Å². The lowest BCUT2D eigenvalue weighted by Gasteiger charge is -2.32. The summed E-state index contributed by atoms with van der Waals surface area (Å²) in [7, 11) is 0. The Hall–Kier alpha value is -0.100. The Morgan fingerprint density at radius 1 is 1.37 bits per heavy atom. The van der Waals surface area contributed by atoms with Gasteiger partial charge in [0, 0.05) is 26.2 Å². The maximum absolute atomic E-state index is 13.2. The third kappa shape index (κ3) is 4.18. The molecule has 1 heterocycles. The molecule has 1 aliphatic rings. The van der Waals surface area contributed by atoms with Crippen LogP contribution in [0.4, 0.5) is 4.39 Å². The van der Waals surface area contributed by atoms with Gasteiger partial charge in [-0.3, -0.25) is 4.90 Å². The highest BCUT2D eigenvalue weighted by atomic mass is 35.5. The van der Waals surface area contributed by atoms with Gasteiger partial charge in [0.2, 0.25) is 0 Å². The lowest BCUT2D eigenvalue weighted by molar-refractivity contribution is -0.0260. The summed E-state index contributed by atoms with van der Waals surface area (Å²) >= 11 is 11.8. The standard InChI is InChI=1S/C12H15Cl2FN2O.ClH/c13-11-8(1-2-10(15)12(11)14)6-17-3-4-18-9(5-16)7-17;/h1-2,9H,3-7,16H2;1H. The summed E-state index contributed by atoms with van der Waals surface area (Å²) in [4.78, 5) is 2.18. The smallest absolute Gasteiger partial charge is 0.143 e. The number of nitrogens with two attached hydrogens (primary N) is 1. The Bertz CT molecular complexity index is 434. The van der Waals surface area contributed by atoms with E-state index in [1.165, 1.54) is 6.07 Å². The van der Waals surface area contributed by atoms with Gasteiger partial charge in [0.15, 0.2) is 0 Å². The van der Waals surface area contributed by atoms with Crippen molar-refractivity contribution in [2.75, 3.05) is 26.2 Å². The molecular formula is C12H16Cl3FN2O. The fraction of sp³-hybridized carbons (Fsp3) is 0.500. The zero-order chi connectivity index (χ0) is 13.1. The summed E-state index contributed by atoms with van der Waals surface area (Å²) in [5.74, 6) is -0.493. The number of ether oxygens (including phenoxy) is 1. The average molecular weight is 330 g/mol. The van der Waals surface area contributed by atoms with E-state index in [2.05, 4.69) is 4.90 Å². The molecule has 0 aromatic heterocycles. The molecular weight excluding hydrogens is 314 g/mol. The van der Waals surface area contributed by atoms with Crippen molar-refractivity contribution >= 4 is 35.6 Å². The average Bonchev–Trinajstić information content (AvgIpc) is 2.40. The predicted molar refractivity (Wildman–Crippen MR) is 77.7 cm³/mol. The van der Waals surface area contributed by atoms with Gasteiger partial charge in [0.05, 0.1) is 22.8 Å². The van der Waals surface area contributed by atoms with Crippen LogP contribution in [0.15, 0.2) is 12.1 Å². The molecule has 7 heteroatoms. The topological polar surface area (TPSA) is 38.5 Å². The second kappa shape index (κ2) is 7.62. The van der Waals surface area contributed by atoms with Gasteiger partial charge in [0.25, 0.3) is 0 Å². The molecule has 0 saturated carbocycles. The first-order valence-electron chi connectivity index (χ1n) is 5.78. The Labute approximate surface area is 128 Å². The highest BCUT2D eigenvalue weighted by Gasteiger charge is 2.20. The molecule has 3 nitrogen and oxygen atoms in total. The highest BCUT2D eigenvalue weighted by Crippen LogP contribution is 2.29. The van der Waals surface area contributed by atoms with Crippen LogP contribution in [0.1, 0.15) is 5.56 Å². The van der Waals surface area contributed by atoms with Crippen molar-refractivity contribution in [2.45, 2.75) is 12.6 Å². The van der Waals surface area contributed by atoms with Crippen LogP contribution in [0.3, 0.4) is 0 Å². The summed E-state index contributed by atoms with van der Waals surface area (Å²) in [6, 6.07) is 3.00. The zero-order valence-corrected chi connectivity index (χ0v) is 12.6. The number of hydrogen-bond donors (Lipinski definition) is 1. The van der Waals surface area contributed by atoms with E-state index in [1.807, 2.05) is 0 Å². The van der Waals surface area contributed by atoms with Crippen LogP contribution in [0.5, 0.6) is 0 Å². The van der Waals surface area contributed by atoms with Crippen LogP contribution in [-0.4, -0.2) is 37.2 Å². The van der Waals surface area contributed by atoms with Crippen molar-refractivity contribution in [3.8, 4) is 0 Å². The van der Waals surface area contributed by atoms with Crippen molar-refractivity contribution in [1.29, 1.82) is 0 Å². The van der Waals surface area contributed by atoms with E-state index in [-0.39, 0.29) is 28.6 Å². The summed E-state index contributed by atoms with van der Waals surface area (Å²) in [6.07, 6.45) is 0.0495. The largest absolute Gasteiger partial charge is 0.374 e. The molecule has 0 spiro atoms. The van der Waals surface area contributed by atoms with E-state index in [9.17, 15) is 4.39 Å². The molecule has 0 aliphatic carbocycles. The van der Waals surface area contributed by atoms with Crippen LogP contribution in [0.25, 0.3) is 0 Å². The first-order chi connectivity index (χ1) is 8.61. The van der Waals surface area contributed by atoms with E-state index in [0.29, 0.717) is 19.7 Å². The van der Waals surface area contributed by atoms with E-state index in [1.54, 1.807) is 6.07 Å². The number of nitrogens with zero attached hydrogens (tertiary/aromatic N) is 1. The van der Waals surface area contributed by atoms with E-state index in [0.717, 1.165) is 18.7 Å². The Kier molecular flexibility index (Phi) is 6.80. The zero-order valence-electron chi connectivity index (χ0n) is 10.2. The fourth-order valence-corrected chi connectivity index (χ4v) is 2.39. The van der Waals surface area contributed by atoms with Crippen LogP contribution >= 0.6 is 35.6 Å². The lowest BCUT2D eigenvalue weighted by atomic mass is 10.2. The van der Waals surface area contributed by atoms with E-state index >= 15 is 0 Å². The molecule has 19 heavy (non-hydrogen) atoms. The van der Waals surface area contributed by atoms with Gasteiger partial charge < -0.3 is 10.5 Å². The molecule has 2 N–H and O–H groups in total. The second-order valence-corrected chi connectivity index (χ2v) is 5.05. The van der Waals surface area contributed by atoms with E-state index < -0.39 is 5.82 Å². The summed E-state index contributed by atoms with van der Waals surface area (Å²) in [5.41, 5.74) is 6.40. The van der Waals surface area contributed by atoms with Gasteiger partial charge >= 0.3 is 0 Å². The molecule has 0 bridgehead atoms. The third-order valence-corrected chi connectivity index (χ3v) is 3.89. The molecule has 1 atom stereocenters. The molecule has 1 unspecified atom stereocenters. The number of halogens is 4. The SMILES string of the molecule is Cl.NCC1CN(Cc2ccc(F)c(Cl)c2Cl)CCO1. The third-order valence-electron chi connectivity index (χ3n) is 2.99. The van der Waals surface area contributed by atoms with Gasteiger partial charge in [-0.05, 0) is 11.6 Å². The number of rotatable bonds is 3. The van der Waals surface area contributed by atoms with Crippen LogP contribution in [-0.2, 0) is 11.3 Å². The van der Waals surface area contributed by atoms with Crippen molar-refractivity contribution in [3.05, 3.63) is 33.6 Å². The number of benzene rings is 1. The maximum atomic E-state index is 13.2. The lowest BCUT2D eigenvalue weighted by Crippen LogP contribution is -2.45. The van der Waals surface area contributed by atoms with Gasteiger partial charge in [-0.25, -0.2) is 4.39 Å². The van der Waals surface area contributed by atoms with Crippen molar-refractivity contribution < 1.29 is 9.13 Å². The fourth-order valence-electron chi connectivity index (χ4n) is 2.00. The molecule has 1 aliphatic heterocycles. The quantitative estimate of drug-likeness (QED) is 0.867. The molecule has 2 rings (SSSR count). The molecule has 1 aromatic rings. The molecule has 0 amide bonds. The van der Waals surface area contributed by atoms with Crippen molar-refractivity contribution in [2.24, 2.45) is 5.73 Å². The molecule has 1 aromatic carbocycles. The monoisotopic (exact) mass is 328 g/mol. The Morgan fingerprint density at radius 3 is 2.79 bits per heavy atom. The minimum atomic E-state index is -0.493. The minimum Gasteiger partial charge on any atom is -0.374 e. The first kappa shape index (κ1) is 17.0. The van der Waals surface area contributed by atoms with Gasteiger partial charge in [-0.1, -0.05) is 29.3 Å².